The van der Waals surface area contributed by atoms with Crippen molar-refractivity contribution >= 4 is 5.91 Å². The Hall–Kier alpha value is -2.37. The van der Waals surface area contributed by atoms with Gasteiger partial charge in [-0.1, -0.05) is 12.1 Å². The van der Waals surface area contributed by atoms with E-state index in [0.717, 1.165) is 5.56 Å². The minimum atomic E-state index is -0.760. The second kappa shape index (κ2) is 6.18. The van der Waals surface area contributed by atoms with Gasteiger partial charge in [-0.25, -0.2) is 4.39 Å². The molecule has 1 aromatic carbocycles. The highest BCUT2D eigenvalue weighted by atomic mass is 19.1. The second-order valence-electron chi connectivity index (χ2n) is 4.49. The Balaban J connectivity index is 1.96. The number of carbonyl (C=O) groups excluding carboxylic acids is 1. The van der Waals surface area contributed by atoms with E-state index in [2.05, 4.69) is 10.2 Å². The first-order valence-electron chi connectivity index (χ1n) is 6.21. The van der Waals surface area contributed by atoms with Crippen LogP contribution in [0, 0.1) is 5.82 Å². The number of halogens is 1. The normalized spacial score (nSPS) is 11.9. The summed E-state index contributed by atoms with van der Waals surface area (Å²) >= 11 is 0. The fourth-order valence-electron chi connectivity index (χ4n) is 1.81. The first-order chi connectivity index (χ1) is 9.58. The van der Waals surface area contributed by atoms with Gasteiger partial charge in [0.1, 0.15) is 0 Å². The van der Waals surface area contributed by atoms with Crippen molar-refractivity contribution in [1.82, 2.24) is 15.1 Å². The number of nitrogens with one attached hydrogen (secondary N) is 1. The molecule has 2 aromatic rings. The van der Waals surface area contributed by atoms with E-state index in [-0.39, 0.29) is 11.7 Å². The molecule has 0 aliphatic heterocycles. The molecular weight excluding hydrogens is 261 g/mol. The number of nitrogens with zero attached hydrogens (tertiary/aromatic N) is 2. The lowest BCUT2D eigenvalue weighted by atomic mass is 10.3. The molecule has 0 bridgehead atoms. The van der Waals surface area contributed by atoms with Gasteiger partial charge in [0.25, 0.3) is 5.91 Å². The molecule has 106 valence electrons. The van der Waals surface area contributed by atoms with Crippen molar-refractivity contribution < 1.29 is 13.9 Å². The number of H-pyrrole nitrogens is 1. The molecule has 0 saturated heterocycles. The summed E-state index contributed by atoms with van der Waals surface area (Å²) in [5, 5.41) is 6.50. The Kier molecular flexibility index (Phi) is 4.34. The van der Waals surface area contributed by atoms with Crippen LogP contribution < -0.4 is 4.74 Å². The Labute approximate surface area is 116 Å². The molecule has 1 aromatic heterocycles. The van der Waals surface area contributed by atoms with Gasteiger partial charge in [0.05, 0.1) is 6.20 Å². The molecular formula is C14H16FN3O2. The molecule has 5 nitrogen and oxygen atoms in total. The summed E-state index contributed by atoms with van der Waals surface area (Å²) in [7, 11) is 1.66. The van der Waals surface area contributed by atoms with Crippen LogP contribution in [0.25, 0.3) is 0 Å². The molecule has 2 rings (SSSR count). The van der Waals surface area contributed by atoms with Gasteiger partial charge in [0.15, 0.2) is 17.7 Å². The standard InChI is InChI=1S/C14H16FN3O2/c1-10(20-13-6-4-3-5-12(13)15)14(19)18(2)9-11-7-16-17-8-11/h3-8,10H,9H2,1-2H3,(H,16,17). The van der Waals surface area contributed by atoms with Crippen molar-refractivity contribution in [3.8, 4) is 5.75 Å². The summed E-state index contributed by atoms with van der Waals surface area (Å²) < 4.78 is 18.8. The molecule has 1 unspecified atom stereocenters. The fraction of sp³-hybridized carbons (Fsp3) is 0.286. The van der Waals surface area contributed by atoms with Gasteiger partial charge in [-0.15, -0.1) is 0 Å². The molecule has 20 heavy (non-hydrogen) atoms. The first-order valence-corrected chi connectivity index (χ1v) is 6.21. The molecule has 0 aliphatic rings. The highest BCUT2D eigenvalue weighted by Gasteiger charge is 2.20. The lowest BCUT2D eigenvalue weighted by molar-refractivity contribution is -0.137. The Bertz CT molecular complexity index is 572. The zero-order valence-corrected chi connectivity index (χ0v) is 11.3. The van der Waals surface area contributed by atoms with Gasteiger partial charge in [0.2, 0.25) is 0 Å². The number of carbonyl (C=O) groups is 1. The third kappa shape index (κ3) is 3.34. The SMILES string of the molecule is CC(Oc1ccccc1F)C(=O)N(C)Cc1cn[nH]c1. The van der Waals surface area contributed by atoms with Crippen LogP contribution in [-0.2, 0) is 11.3 Å². The van der Waals surface area contributed by atoms with Crippen LogP contribution in [0.4, 0.5) is 4.39 Å². The number of likely N-dealkylation sites (N-methyl/N-ethyl adjacent to an activating group) is 1. The van der Waals surface area contributed by atoms with Crippen LogP contribution in [-0.4, -0.2) is 34.2 Å². The van der Waals surface area contributed by atoms with E-state index < -0.39 is 11.9 Å². The molecule has 0 fully saturated rings. The molecule has 1 atom stereocenters. The van der Waals surface area contributed by atoms with Gasteiger partial charge in [-0.2, -0.15) is 5.10 Å². The molecule has 0 aliphatic carbocycles. The van der Waals surface area contributed by atoms with Crippen molar-refractivity contribution in [2.24, 2.45) is 0 Å². The molecule has 1 amide bonds. The molecule has 0 saturated carbocycles. The van der Waals surface area contributed by atoms with Crippen LogP contribution in [0.3, 0.4) is 0 Å². The fourth-order valence-corrected chi connectivity index (χ4v) is 1.81. The zero-order chi connectivity index (χ0) is 14.5. The maximum Gasteiger partial charge on any atom is 0.263 e. The number of hydrogen-bond acceptors (Lipinski definition) is 3. The van der Waals surface area contributed by atoms with Crippen molar-refractivity contribution in [3.05, 3.63) is 48.0 Å². The van der Waals surface area contributed by atoms with E-state index in [9.17, 15) is 9.18 Å². The van der Waals surface area contributed by atoms with E-state index in [1.807, 2.05) is 0 Å². The summed E-state index contributed by atoms with van der Waals surface area (Å²) in [5.74, 6) is -0.635. The summed E-state index contributed by atoms with van der Waals surface area (Å²) in [6, 6.07) is 6.02. The average Bonchev–Trinajstić information content (AvgIpc) is 2.93. The third-order valence-corrected chi connectivity index (χ3v) is 2.84. The molecule has 6 heteroatoms. The molecule has 1 heterocycles. The number of ether oxygens (including phenoxy) is 1. The predicted octanol–water partition coefficient (Wildman–Crippen LogP) is 1.97. The average molecular weight is 277 g/mol. The highest BCUT2D eigenvalue weighted by Crippen LogP contribution is 2.17. The molecule has 0 radical (unpaired) electrons. The monoisotopic (exact) mass is 277 g/mol. The number of rotatable bonds is 5. The van der Waals surface area contributed by atoms with Gasteiger partial charge >= 0.3 is 0 Å². The van der Waals surface area contributed by atoms with E-state index in [0.29, 0.717) is 6.54 Å². The Morgan fingerprint density at radius 3 is 2.90 bits per heavy atom. The van der Waals surface area contributed by atoms with Crippen molar-refractivity contribution in [2.45, 2.75) is 19.6 Å². The van der Waals surface area contributed by atoms with E-state index in [4.69, 9.17) is 4.74 Å². The van der Waals surface area contributed by atoms with Crippen LogP contribution >= 0.6 is 0 Å². The van der Waals surface area contributed by atoms with Crippen LogP contribution in [0.1, 0.15) is 12.5 Å². The van der Waals surface area contributed by atoms with Gasteiger partial charge in [-0.05, 0) is 19.1 Å². The number of para-hydroxylation sites is 1. The Morgan fingerprint density at radius 2 is 2.25 bits per heavy atom. The van der Waals surface area contributed by atoms with E-state index in [1.54, 1.807) is 38.5 Å². The predicted molar refractivity (Wildman–Crippen MR) is 71.6 cm³/mol. The van der Waals surface area contributed by atoms with Crippen LogP contribution in [0.15, 0.2) is 36.7 Å². The second-order valence-corrected chi connectivity index (χ2v) is 4.49. The number of amides is 1. The summed E-state index contributed by atoms with van der Waals surface area (Å²) in [4.78, 5) is 13.6. The Morgan fingerprint density at radius 1 is 1.50 bits per heavy atom. The van der Waals surface area contributed by atoms with E-state index in [1.165, 1.54) is 17.0 Å². The lowest BCUT2D eigenvalue weighted by Gasteiger charge is -2.21. The maximum absolute atomic E-state index is 13.5. The van der Waals surface area contributed by atoms with Gasteiger partial charge < -0.3 is 9.64 Å². The summed E-state index contributed by atoms with van der Waals surface area (Å²) in [6.45, 7) is 2.01. The maximum atomic E-state index is 13.5. The van der Waals surface area contributed by atoms with E-state index >= 15 is 0 Å². The number of aromatic nitrogens is 2. The molecule has 0 spiro atoms. The lowest BCUT2D eigenvalue weighted by Crippen LogP contribution is -2.37. The summed E-state index contributed by atoms with van der Waals surface area (Å²) in [6.07, 6.45) is 2.60. The topological polar surface area (TPSA) is 58.2 Å². The van der Waals surface area contributed by atoms with Crippen LogP contribution in [0.2, 0.25) is 0 Å². The van der Waals surface area contributed by atoms with Crippen molar-refractivity contribution in [3.63, 3.8) is 0 Å². The third-order valence-electron chi connectivity index (χ3n) is 2.84. The van der Waals surface area contributed by atoms with Crippen molar-refractivity contribution in [1.29, 1.82) is 0 Å². The van der Waals surface area contributed by atoms with Gasteiger partial charge in [0, 0.05) is 25.4 Å². The number of hydrogen-bond donors (Lipinski definition) is 1. The van der Waals surface area contributed by atoms with Crippen LogP contribution in [0.5, 0.6) is 5.75 Å². The number of aromatic amines is 1. The summed E-state index contributed by atoms with van der Waals surface area (Å²) in [5.41, 5.74) is 0.888. The first kappa shape index (κ1) is 14.0. The highest BCUT2D eigenvalue weighted by molar-refractivity contribution is 5.80. The minimum absolute atomic E-state index is 0.0741. The van der Waals surface area contributed by atoms with Gasteiger partial charge in [-0.3, -0.25) is 9.89 Å². The molecule has 1 N–H and O–H groups in total. The minimum Gasteiger partial charge on any atom is -0.478 e. The quantitative estimate of drug-likeness (QED) is 0.909. The smallest absolute Gasteiger partial charge is 0.263 e. The largest absolute Gasteiger partial charge is 0.478 e. The zero-order valence-electron chi connectivity index (χ0n) is 11.3. The van der Waals surface area contributed by atoms with Crippen molar-refractivity contribution in [2.75, 3.05) is 7.05 Å². The number of benzene rings is 1.